The van der Waals surface area contributed by atoms with Crippen LogP contribution in [0.2, 0.25) is 0 Å². The van der Waals surface area contributed by atoms with Gasteiger partial charge in [-0.15, -0.1) is 0 Å². The number of esters is 1. The summed E-state index contributed by atoms with van der Waals surface area (Å²) in [7, 11) is 0. The molecule has 0 radical (unpaired) electrons. The maximum absolute atomic E-state index is 12.3. The Labute approximate surface area is 122 Å². The number of aryl methyl sites for hydroxylation is 2. The number of nitrogens with one attached hydrogen (secondary N) is 1. The lowest BCUT2D eigenvalue weighted by atomic mass is 10.1. The van der Waals surface area contributed by atoms with Crippen molar-refractivity contribution in [3.05, 3.63) is 59.3 Å². The smallest absolute Gasteiger partial charge is 0.345 e. The predicted molar refractivity (Wildman–Crippen MR) is 83.6 cm³/mol. The Balaban J connectivity index is 1.97. The molecule has 4 nitrogen and oxygen atoms in total. The Kier molecular flexibility index (Phi) is 3.14. The first kappa shape index (κ1) is 13.2. The van der Waals surface area contributed by atoms with E-state index in [1.807, 2.05) is 38.1 Å². The summed E-state index contributed by atoms with van der Waals surface area (Å²) in [6.07, 6.45) is 1.70. The molecule has 0 aliphatic carbocycles. The number of carbonyl (C=O) groups excluding carboxylic acids is 1. The second-order valence-corrected chi connectivity index (χ2v) is 5.08. The molecular formula is C17H16N2O2. The average molecular weight is 280 g/mol. The predicted octanol–water partition coefficient (Wildman–Crippen LogP) is 3.59. The topological polar surface area (TPSA) is 68.1 Å². The van der Waals surface area contributed by atoms with Crippen LogP contribution in [0.25, 0.3) is 10.9 Å². The van der Waals surface area contributed by atoms with Crippen molar-refractivity contribution in [2.45, 2.75) is 13.8 Å². The van der Waals surface area contributed by atoms with E-state index in [2.05, 4.69) is 4.98 Å². The number of ether oxygens (including phenoxy) is 1. The number of fused-ring (bicyclic) bond motifs is 1. The zero-order valence-corrected chi connectivity index (χ0v) is 11.9. The molecule has 106 valence electrons. The van der Waals surface area contributed by atoms with Gasteiger partial charge >= 0.3 is 5.97 Å². The van der Waals surface area contributed by atoms with Crippen LogP contribution in [-0.2, 0) is 0 Å². The van der Waals surface area contributed by atoms with Crippen molar-refractivity contribution < 1.29 is 9.53 Å². The number of carbonyl (C=O) groups is 1. The maximum atomic E-state index is 12.3. The fourth-order valence-electron chi connectivity index (χ4n) is 2.38. The number of hydrogen-bond donors (Lipinski definition) is 2. The molecule has 0 saturated heterocycles. The van der Waals surface area contributed by atoms with Crippen LogP contribution in [-0.4, -0.2) is 11.0 Å². The van der Waals surface area contributed by atoms with E-state index in [0.29, 0.717) is 17.0 Å². The molecule has 3 aromatic rings. The third kappa shape index (κ3) is 2.25. The standard InChI is InChI=1S/C17H16N2O2/c1-10-5-3-8-13(15(10)18)17(20)21-14-9-19-16-11(2)6-4-7-12(14)16/h3-9,19H,18H2,1-2H3. The van der Waals surface area contributed by atoms with Gasteiger partial charge in [0.2, 0.25) is 0 Å². The number of nitrogen functional groups attached to an aromatic ring is 1. The highest BCUT2D eigenvalue weighted by molar-refractivity contribution is 5.99. The number of H-pyrrole nitrogens is 1. The van der Waals surface area contributed by atoms with E-state index in [0.717, 1.165) is 22.0 Å². The van der Waals surface area contributed by atoms with Gasteiger partial charge in [0.1, 0.15) is 0 Å². The third-order valence-electron chi connectivity index (χ3n) is 3.63. The van der Waals surface area contributed by atoms with E-state index in [4.69, 9.17) is 10.5 Å². The Bertz CT molecular complexity index is 834. The first-order valence-corrected chi connectivity index (χ1v) is 6.72. The van der Waals surface area contributed by atoms with Crippen molar-refractivity contribution in [3.63, 3.8) is 0 Å². The normalized spacial score (nSPS) is 10.8. The van der Waals surface area contributed by atoms with Gasteiger partial charge in [0.15, 0.2) is 5.75 Å². The highest BCUT2D eigenvalue weighted by atomic mass is 16.5. The summed E-state index contributed by atoms with van der Waals surface area (Å²) in [4.78, 5) is 15.4. The van der Waals surface area contributed by atoms with Crippen molar-refractivity contribution >= 4 is 22.6 Å². The Morgan fingerprint density at radius 2 is 1.81 bits per heavy atom. The van der Waals surface area contributed by atoms with Crippen LogP contribution >= 0.6 is 0 Å². The Hall–Kier alpha value is -2.75. The van der Waals surface area contributed by atoms with Crippen molar-refractivity contribution in [2.24, 2.45) is 0 Å². The first-order chi connectivity index (χ1) is 10.1. The fraction of sp³-hybridized carbons (Fsp3) is 0.118. The molecule has 2 aromatic carbocycles. The summed E-state index contributed by atoms with van der Waals surface area (Å²) >= 11 is 0. The molecule has 1 aromatic heterocycles. The summed E-state index contributed by atoms with van der Waals surface area (Å²) < 4.78 is 5.49. The highest BCUT2D eigenvalue weighted by Crippen LogP contribution is 2.28. The van der Waals surface area contributed by atoms with E-state index >= 15 is 0 Å². The van der Waals surface area contributed by atoms with Gasteiger partial charge in [-0.25, -0.2) is 4.79 Å². The monoisotopic (exact) mass is 280 g/mol. The minimum absolute atomic E-state index is 0.386. The van der Waals surface area contributed by atoms with Gasteiger partial charge in [0, 0.05) is 17.3 Å². The number of hydrogen-bond acceptors (Lipinski definition) is 3. The van der Waals surface area contributed by atoms with Gasteiger partial charge in [-0.1, -0.05) is 24.3 Å². The molecule has 1 heterocycles. The molecule has 0 unspecified atom stereocenters. The highest BCUT2D eigenvalue weighted by Gasteiger charge is 2.15. The molecule has 0 bridgehead atoms. The number of nitrogens with two attached hydrogens (primary N) is 1. The minimum Gasteiger partial charge on any atom is -0.421 e. The molecule has 0 atom stereocenters. The van der Waals surface area contributed by atoms with Crippen LogP contribution < -0.4 is 10.5 Å². The first-order valence-electron chi connectivity index (χ1n) is 6.72. The van der Waals surface area contributed by atoms with Gasteiger partial charge in [0.25, 0.3) is 0 Å². The average Bonchev–Trinajstić information content (AvgIpc) is 2.86. The van der Waals surface area contributed by atoms with Gasteiger partial charge in [-0.05, 0) is 37.1 Å². The van der Waals surface area contributed by atoms with Crippen LogP contribution in [0.4, 0.5) is 5.69 Å². The Morgan fingerprint density at radius 1 is 1.10 bits per heavy atom. The second-order valence-electron chi connectivity index (χ2n) is 5.08. The van der Waals surface area contributed by atoms with Gasteiger partial charge < -0.3 is 15.5 Å². The van der Waals surface area contributed by atoms with Crippen LogP contribution in [0.15, 0.2) is 42.6 Å². The quantitative estimate of drug-likeness (QED) is 0.557. The molecule has 21 heavy (non-hydrogen) atoms. The van der Waals surface area contributed by atoms with E-state index in [1.54, 1.807) is 18.3 Å². The van der Waals surface area contributed by atoms with Crippen LogP contribution in [0.3, 0.4) is 0 Å². The van der Waals surface area contributed by atoms with E-state index in [9.17, 15) is 4.79 Å². The van der Waals surface area contributed by atoms with Gasteiger partial charge in [-0.3, -0.25) is 0 Å². The lowest BCUT2D eigenvalue weighted by molar-refractivity contribution is 0.0738. The summed E-state index contributed by atoms with van der Waals surface area (Å²) in [6.45, 7) is 3.87. The third-order valence-corrected chi connectivity index (χ3v) is 3.63. The van der Waals surface area contributed by atoms with Crippen LogP contribution in [0, 0.1) is 13.8 Å². The summed E-state index contributed by atoms with van der Waals surface area (Å²) in [5, 5.41) is 0.884. The van der Waals surface area contributed by atoms with Crippen molar-refractivity contribution in [1.82, 2.24) is 4.98 Å². The van der Waals surface area contributed by atoms with Crippen molar-refractivity contribution in [3.8, 4) is 5.75 Å². The summed E-state index contributed by atoms with van der Waals surface area (Å²) in [5.74, 6) is 0.0678. The van der Waals surface area contributed by atoms with Gasteiger partial charge in [-0.2, -0.15) is 0 Å². The van der Waals surface area contributed by atoms with E-state index in [1.165, 1.54) is 0 Å². The number of aromatic nitrogens is 1. The lowest BCUT2D eigenvalue weighted by Gasteiger charge is -2.07. The Morgan fingerprint density at radius 3 is 2.62 bits per heavy atom. The maximum Gasteiger partial charge on any atom is 0.345 e. The SMILES string of the molecule is Cc1cccc(C(=O)Oc2c[nH]c3c(C)cccc23)c1N. The molecule has 0 aliphatic rings. The molecular weight excluding hydrogens is 264 g/mol. The number of rotatable bonds is 2. The molecule has 3 rings (SSSR count). The molecule has 0 fully saturated rings. The minimum atomic E-state index is -0.446. The second kappa shape index (κ2) is 4.98. The molecule has 0 aliphatic heterocycles. The summed E-state index contributed by atoms with van der Waals surface area (Å²) in [6, 6.07) is 11.2. The summed E-state index contributed by atoms with van der Waals surface area (Å²) in [5.41, 5.74) is 9.72. The van der Waals surface area contributed by atoms with Crippen molar-refractivity contribution in [1.29, 1.82) is 0 Å². The molecule has 3 N–H and O–H groups in total. The number of para-hydroxylation sites is 2. The molecule has 4 heteroatoms. The fourth-order valence-corrected chi connectivity index (χ4v) is 2.38. The lowest BCUT2D eigenvalue weighted by Crippen LogP contribution is -2.11. The molecule has 0 saturated carbocycles. The van der Waals surface area contributed by atoms with Crippen molar-refractivity contribution in [2.75, 3.05) is 5.73 Å². The molecule has 0 spiro atoms. The number of benzene rings is 2. The zero-order valence-electron chi connectivity index (χ0n) is 11.9. The van der Waals surface area contributed by atoms with E-state index in [-0.39, 0.29) is 0 Å². The van der Waals surface area contributed by atoms with Crippen LogP contribution in [0.1, 0.15) is 21.5 Å². The van der Waals surface area contributed by atoms with E-state index < -0.39 is 5.97 Å². The number of anilines is 1. The molecule has 0 amide bonds. The number of aromatic amines is 1. The van der Waals surface area contributed by atoms with Crippen LogP contribution in [0.5, 0.6) is 5.75 Å². The van der Waals surface area contributed by atoms with Gasteiger partial charge in [0.05, 0.1) is 11.1 Å². The largest absolute Gasteiger partial charge is 0.421 e. The zero-order chi connectivity index (χ0) is 15.0.